The van der Waals surface area contributed by atoms with Gasteiger partial charge >= 0.3 is 6.36 Å². The second-order valence-corrected chi connectivity index (χ2v) is 5.91. The summed E-state index contributed by atoms with van der Waals surface area (Å²) in [6.07, 6.45) is -1.33. The van der Waals surface area contributed by atoms with Gasteiger partial charge in [0.2, 0.25) is 0 Å². The van der Waals surface area contributed by atoms with Gasteiger partial charge in [0.1, 0.15) is 11.3 Å². The molecule has 28 heavy (non-hydrogen) atoms. The lowest BCUT2D eigenvalue weighted by Crippen LogP contribution is -2.20. The van der Waals surface area contributed by atoms with Gasteiger partial charge in [-0.15, -0.1) is 13.2 Å². The predicted octanol–water partition coefficient (Wildman–Crippen LogP) is 6.53. The van der Waals surface area contributed by atoms with Gasteiger partial charge in [0, 0.05) is 34.5 Å². The molecule has 0 saturated carbocycles. The van der Waals surface area contributed by atoms with E-state index in [9.17, 15) is 18.0 Å². The maximum absolute atomic E-state index is 12.7. The van der Waals surface area contributed by atoms with Crippen molar-refractivity contribution in [1.29, 1.82) is 0 Å². The molecule has 3 aromatic rings. The van der Waals surface area contributed by atoms with Crippen LogP contribution in [0.15, 0.2) is 52.0 Å². The smallest absolute Gasteiger partial charge is 0.406 e. The molecule has 0 saturated heterocycles. The fraction of sp³-hybridized carbons (Fsp3) is 0.350. The van der Waals surface area contributed by atoms with Gasteiger partial charge in [-0.05, 0) is 53.2 Å². The molecule has 0 atom stereocenters. The number of pyridine rings is 1. The molecule has 3 rings (SSSR count). The Balaban J connectivity index is 0.000000921. The van der Waals surface area contributed by atoms with Crippen LogP contribution in [0.3, 0.4) is 0 Å². The van der Waals surface area contributed by atoms with E-state index in [1.54, 1.807) is 6.20 Å². The van der Waals surface area contributed by atoms with Gasteiger partial charge in [-0.25, -0.2) is 0 Å². The van der Waals surface area contributed by atoms with E-state index in [4.69, 9.17) is 0 Å². The van der Waals surface area contributed by atoms with Crippen molar-refractivity contribution in [2.75, 3.05) is 0 Å². The maximum Gasteiger partial charge on any atom is 0.573 e. The number of nitrogens with zero attached hydrogens (tertiary/aromatic N) is 2. The van der Waals surface area contributed by atoms with Crippen molar-refractivity contribution in [1.82, 2.24) is 9.13 Å². The van der Waals surface area contributed by atoms with Crippen molar-refractivity contribution in [2.24, 2.45) is 0 Å². The Bertz CT molecular complexity index is 945. The molecule has 0 aliphatic carbocycles. The van der Waals surface area contributed by atoms with Crippen LogP contribution in [0.25, 0.3) is 16.6 Å². The highest BCUT2D eigenvalue weighted by molar-refractivity contribution is 9.10. The summed E-state index contributed by atoms with van der Waals surface area (Å²) < 4.78 is 44.4. The minimum Gasteiger partial charge on any atom is -0.406 e. The molecule has 4 nitrogen and oxygen atoms in total. The van der Waals surface area contributed by atoms with Gasteiger partial charge in [-0.1, -0.05) is 27.7 Å². The molecular weight excluding hydrogens is 437 g/mol. The molecule has 0 N–H and O–H groups in total. The topological polar surface area (TPSA) is 36.2 Å². The van der Waals surface area contributed by atoms with Crippen LogP contribution in [0.2, 0.25) is 0 Å². The van der Waals surface area contributed by atoms with Crippen LogP contribution in [0.5, 0.6) is 5.75 Å². The van der Waals surface area contributed by atoms with Gasteiger partial charge in [-0.2, -0.15) is 0 Å². The Morgan fingerprint density at radius 3 is 2.11 bits per heavy atom. The summed E-state index contributed by atoms with van der Waals surface area (Å²) >= 11 is 3.43. The summed E-state index contributed by atoms with van der Waals surface area (Å²) in [6, 6.07) is 6.99. The third-order valence-corrected chi connectivity index (χ3v) is 4.21. The zero-order chi connectivity index (χ0) is 21.5. The number of halogens is 4. The molecule has 0 aliphatic heterocycles. The zero-order valence-electron chi connectivity index (χ0n) is 16.5. The number of hydrogen-bond donors (Lipinski definition) is 0. The molecule has 0 amide bonds. The molecule has 0 fully saturated rings. The third-order valence-electron chi connectivity index (χ3n) is 3.57. The molecule has 0 spiro atoms. The van der Waals surface area contributed by atoms with Crippen LogP contribution in [0.1, 0.15) is 34.6 Å². The number of benzene rings is 1. The normalized spacial score (nSPS) is 10.6. The van der Waals surface area contributed by atoms with Gasteiger partial charge in [-0.3, -0.25) is 9.36 Å². The highest BCUT2D eigenvalue weighted by atomic mass is 79.9. The van der Waals surface area contributed by atoms with Crippen molar-refractivity contribution in [3.63, 3.8) is 0 Å². The highest BCUT2D eigenvalue weighted by Crippen LogP contribution is 2.26. The number of rotatable bonds is 3. The van der Waals surface area contributed by atoms with Crippen molar-refractivity contribution < 1.29 is 17.9 Å². The molecule has 2 aromatic heterocycles. The van der Waals surface area contributed by atoms with Crippen molar-refractivity contribution in [3.8, 4) is 11.4 Å². The molecule has 0 bridgehead atoms. The average molecular weight is 461 g/mol. The summed E-state index contributed by atoms with van der Waals surface area (Å²) in [5.41, 5.74) is 0.730. The summed E-state index contributed by atoms with van der Waals surface area (Å²) in [5, 5.41) is 0.787. The van der Waals surface area contributed by atoms with E-state index in [1.807, 2.05) is 51.4 Å². The Morgan fingerprint density at radius 2 is 1.61 bits per heavy atom. The van der Waals surface area contributed by atoms with E-state index in [0.29, 0.717) is 17.7 Å². The monoisotopic (exact) mass is 460 g/mol. The first kappa shape index (κ1) is 23.8. The first-order chi connectivity index (χ1) is 13.3. The van der Waals surface area contributed by atoms with E-state index in [0.717, 1.165) is 9.86 Å². The lowest BCUT2D eigenvalue weighted by Gasteiger charge is -2.11. The van der Waals surface area contributed by atoms with Crippen LogP contribution in [-0.2, 0) is 6.54 Å². The van der Waals surface area contributed by atoms with E-state index < -0.39 is 6.36 Å². The van der Waals surface area contributed by atoms with Crippen LogP contribution >= 0.6 is 15.9 Å². The molecular formula is C20H24BrF3N2O2. The second kappa shape index (κ2) is 10.4. The molecule has 0 aliphatic rings. The molecule has 0 radical (unpaired) electrons. The fourth-order valence-electron chi connectivity index (χ4n) is 2.52. The summed E-state index contributed by atoms with van der Waals surface area (Å²) in [6.45, 7) is 10.6. The number of hydrogen-bond acceptors (Lipinski definition) is 2. The summed E-state index contributed by atoms with van der Waals surface area (Å²) in [7, 11) is 0. The molecule has 0 unspecified atom stereocenters. The van der Waals surface area contributed by atoms with Crippen molar-refractivity contribution >= 4 is 26.8 Å². The number of aryl methyl sites for hydroxylation is 1. The van der Waals surface area contributed by atoms with E-state index >= 15 is 0 Å². The van der Waals surface area contributed by atoms with E-state index in [2.05, 4.69) is 20.7 Å². The third kappa shape index (κ3) is 5.41. The largest absolute Gasteiger partial charge is 0.573 e. The quantitative estimate of drug-likeness (QED) is 0.445. The first-order valence-electron chi connectivity index (χ1n) is 9.06. The lowest BCUT2D eigenvalue weighted by atomic mass is 10.2. The van der Waals surface area contributed by atoms with Gasteiger partial charge in [0.25, 0.3) is 5.56 Å². The second-order valence-electron chi connectivity index (χ2n) is 5.06. The Hall–Kier alpha value is -2.22. The fourth-order valence-corrected chi connectivity index (χ4v) is 3.05. The minimum absolute atomic E-state index is 0.246. The molecule has 2 heterocycles. The van der Waals surface area contributed by atoms with Gasteiger partial charge in [0.15, 0.2) is 0 Å². The van der Waals surface area contributed by atoms with Crippen LogP contribution in [0, 0.1) is 0 Å². The lowest BCUT2D eigenvalue weighted by molar-refractivity contribution is -0.274. The minimum atomic E-state index is -4.75. The molecule has 8 heteroatoms. The van der Waals surface area contributed by atoms with E-state index in [-0.39, 0.29) is 11.3 Å². The van der Waals surface area contributed by atoms with Crippen LogP contribution < -0.4 is 10.3 Å². The molecule has 154 valence electrons. The Kier molecular flexibility index (Phi) is 8.81. The summed E-state index contributed by atoms with van der Waals surface area (Å²) in [5.74, 6) is -0.337. The standard InChI is InChI=1S/C16H12BrF3N2O2.2C2H6/c1-2-21-8-7-12-13(17)9-22(15(23)14(12)21)10-3-5-11(6-4-10)24-16(18,19)20;2*1-2/h3-9H,2H2,1H3;2*1-2H3. The maximum atomic E-state index is 12.7. The summed E-state index contributed by atoms with van der Waals surface area (Å²) in [4.78, 5) is 12.7. The van der Waals surface area contributed by atoms with E-state index in [1.165, 1.54) is 28.8 Å². The highest BCUT2D eigenvalue weighted by Gasteiger charge is 2.31. The average Bonchev–Trinajstić information content (AvgIpc) is 3.12. The van der Waals surface area contributed by atoms with Crippen molar-refractivity contribution in [2.45, 2.75) is 47.5 Å². The number of ether oxygens (including phenoxy) is 1. The number of fused-ring (bicyclic) bond motifs is 1. The predicted molar refractivity (Wildman–Crippen MR) is 110 cm³/mol. The first-order valence-corrected chi connectivity index (χ1v) is 9.85. The number of aromatic nitrogens is 2. The Morgan fingerprint density at radius 1 is 1.04 bits per heavy atom. The van der Waals surface area contributed by atoms with Gasteiger partial charge in [0.05, 0.1) is 0 Å². The number of alkyl halides is 3. The SMILES string of the molecule is CC.CC.CCn1ccc2c(Br)cn(-c3ccc(OC(F)(F)F)cc3)c(=O)c21. The molecule has 1 aromatic carbocycles. The zero-order valence-corrected chi connectivity index (χ0v) is 18.1. The van der Waals surface area contributed by atoms with Crippen molar-refractivity contribution in [3.05, 3.63) is 57.6 Å². The van der Waals surface area contributed by atoms with Gasteiger partial charge < -0.3 is 9.30 Å². The van der Waals surface area contributed by atoms with Crippen LogP contribution in [-0.4, -0.2) is 15.5 Å². The van der Waals surface area contributed by atoms with Crippen LogP contribution in [0.4, 0.5) is 13.2 Å². The Labute approximate surface area is 170 Å².